The second-order valence-electron chi connectivity index (χ2n) is 6.46. The quantitative estimate of drug-likeness (QED) is 0.666. The third-order valence-electron chi connectivity index (χ3n) is 4.95. The van der Waals surface area contributed by atoms with Crippen molar-refractivity contribution in [3.63, 3.8) is 0 Å². The predicted molar refractivity (Wildman–Crippen MR) is 89.6 cm³/mol. The summed E-state index contributed by atoms with van der Waals surface area (Å²) in [7, 11) is 0. The van der Waals surface area contributed by atoms with E-state index in [0.717, 1.165) is 31.4 Å². The molecule has 0 bridgehead atoms. The van der Waals surface area contributed by atoms with Crippen LogP contribution in [0.1, 0.15) is 55.0 Å². The molecule has 1 aliphatic heterocycles. The first kappa shape index (κ1) is 17.0. The average Bonchev–Trinajstić information content (AvgIpc) is 2.61. The van der Waals surface area contributed by atoms with Gasteiger partial charge in [-0.2, -0.15) is 13.2 Å². The van der Waals surface area contributed by atoms with Crippen LogP contribution >= 0.6 is 0 Å². The zero-order chi connectivity index (χ0) is 17.2. The molecule has 0 spiro atoms. The van der Waals surface area contributed by atoms with Gasteiger partial charge in [0, 0.05) is 12.1 Å². The summed E-state index contributed by atoms with van der Waals surface area (Å²) in [5.41, 5.74) is 1.64. The van der Waals surface area contributed by atoms with Gasteiger partial charge >= 0.3 is 6.18 Å². The van der Waals surface area contributed by atoms with Crippen LogP contribution in [0.5, 0.6) is 0 Å². The van der Waals surface area contributed by atoms with Gasteiger partial charge in [-0.1, -0.05) is 48.9 Å². The molecule has 0 aliphatic carbocycles. The fourth-order valence-electron chi connectivity index (χ4n) is 3.59. The summed E-state index contributed by atoms with van der Waals surface area (Å²) in [5.74, 6) is 0. The number of nitrogens with zero attached hydrogens (tertiary/aromatic N) is 1. The van der Waals surface area contributed by atoms with E-state index >= 15 is 0 Å². The maximum absolute atomic E-state index is 12.8. The van der Waals surface area contributed by atoms with Gasteiger partial charge in [-0.05, 0) is 49.6 Å². The highest BCUT2D eigenvalue weighted by molar-refractivity contribution is 5.28. The average molecular weight is 333 g/mol. The summed E-state index contributed by atoms with van der Waals surface area (Å²) in [6.07, 6.45) is -1.04. The molecular weight excluding hydrogens is 311 g/mol. The van der Waals surface area contributed by atoms with Crippen molar-refractivity contribution in [2.75, 3.05) is 6.54 Å². The Morgan fingerprint density at radius 1 is 0.958 bits per heavy atom. The predicted octanol–water partition coefficient (Wildman–Crippen LogP) is 5.99. The molecule has 2 aromatic rings. The molecule has 0 saturated carbocycles. The van der Waals surface area contributed by atoms with Crippen LogP contribution in [0.25, 0.3) is 0 Å². The molecule has 2 aromatic carbocycles. The van der Waals surface area contributed by atoms with E-state index in [1.807, 2.05) is 18.2 Å². The minimum Gasteiger partial charge on any atom is -0.290 e. The van der Waals surface area contributed by atoms with E-state index in [2.05, 4.69) is 24.0 Å². The number of alkyl halides is 3. The number of halogens is 3. The van der Waals surface area contributed by atoms with Crippen molar-refractivity contribution in [2.24, 2.45) is 0 Å². The SMILES string of the molecule is C[C@H](c1ccccc1)N1CCCC[C@H]1c1ccc(C(F)(F)F)cc1. The summed E-state index contributed by atoms with van der Waals surface area (Å²) in [6, 6.07) is 16.4. The van der Waals surface area contributed by atoms with Crippen LogP contribution in [0.15, 0.2) is 54.6 Å². The summed E-state index contributed by atoms with van der Waals surface area (Å²) in [4.78, 5) is 2.42. The van der Waals surface area contributed by atoms with E-state index in [0.29, 0.717) is 0 Å². The van der Waals surface area contributed by atoms with Crippen molar-refractivity contribution in [1.29, 1.82) is 0 Å². The van der Waals surface area contributed by atoms with Gasteiger partial charge in [-0.3, -0.25) is 4.90 Å². The van der Waals surface area contributed by atoms with Crippen molar-refractivity contribution >= 4 is 0 Å². The Morgan fingerprint density at radius 2 is 1.62 bits per heavy atom. The van der Waals surface area contributed by atoms with E-state index in [9.17, 15) is 13.2 Å². The normalized spacial score (nSPS) is 20.8. The van der Waals surface area contributed by atoms with Gasteiger partial charge in [0.15, 0.2) is 0 Å². The molecule has 0 unspecified atom stereocenters. The highest BCUT2D eigenvalue weighted by atomic mass is 19.4. The van der Waals surface area contributed by atoms with Crippen LogP contribution in [0, 0.1) is 0 Å². The van der Waals surface area contributed by atoms with Crippen molar-refractivity contribution in [1.82, 2.24) is 4.90 Å². The van der Waals surface area contributed by atoms with Gasteiger partial charge < -0.3 is 0 Å². The summed E-state index contributed by atoms with van der Waals surface area (Å²) >= 11 is 0. The molecule has 1 saturated heterocycles. The minimum atomic E-state index is -4.28. The number of hydrogen-bond donors (Lipinski definition) is 0. The maximum atomic E-state index is 12.8. The molecule has 0 radical (unpaired) electrons. The van der Waals surface area contributed by atoms with Crippen molar-refractivity contribution in [3.8, 4) is 0 Å². The second kappa shape index (κ2) is 6.98. The molecule has 2 atom stereocenters. The monoisotopic (exact) mass is 333 g/mol. The largest absolute Gasteiger partial charge is 0.416 e. The molecule has 0 N–H and O–H groups in total. The number of benzene rings is 2. The Bertz CT molecular complexity index is 649. The lowest BCUT2D eigenvalue weighted by Gasteiger charge is -2.40. The molecule has 1 aliphatic rings. The lowest BCUT2D eigenvalue weighted by atomic mass is 9.91. The Hall–Kier alpha value is -1.81. The van der Waals surface area contributed by atoms with Crippen LogP contribution in [-0.2, 0) is 6.18 Å². The van der Waals surface area contributed by atoms with E-state index < -0.39 is 11.7 Å². The molecule has 3 rings (SSSR count). The van der Waals surface area contributed by atoms with Crippen LogP contribution in [0.4, 0.5) is 13.2 Å². The van der Waals surface area contributed by atoms with Crippen LogP contribution in [0.3, 0.4) is 0 Å². The topological polar surface area (TPSA) is 3.24 Å². The first-order valence-electron chi connectivity index (χ1n) is 8.44. The van der Waals surface area contributed by atoms with E-state index in [1.165, 1.54) is 17.7 Å². The van der Waals surface area contributed by atoms with Crippen molar-refractivity contribution < 1.29 is 13.2 Å². The number of piperidine rings is 1. The van der Waals surface area contributed by atoms with E-state index in [-0.39, 0.29) is 12.1 Å². The standard InChI is InChI=1S/C20H22F3N/c1-15(16-7-3-2-4-8-16)24-14-6-5-9-19(24)17-10-12-18(13-11-17)20(21,22)23/h2-4,7-8,10-13,15,19H,5-6,9,14H2,1H3/t15-,19+/m1/s1. The molecule has 24 heavy (non-hydrogen) atoms. The summed E-state index contributed by atoms with van der Waals surface area (Å²) in [5, 5.41) is 0. The minimum absolute atomic E-state index is 0.177. The van der Waals surface area contributed by atoms with Gasteiger partial charge in [0.1, 0.15) is 0 Å². The molecule has 1 fully saturated rings. The summed E-state index contributed by atoms with van der Waals surface area (Å²) < 4.78 is 38.3. The van der Waals surface area contributed by atoms with E-state index in [4.69, 9.17) is 0 Å². The zero-order valence-electron chi connectivity index (χ0n) is 13.8. The Labute approximate surface area is 141 Å². The fourth-order valence-corrected chi connectivity index (χ4v) is 3.59. The van der Waals surface area contributed by atoms with Crippen molar-refractivity contribution in [3.05, 3.63) is 71.3 Å². The molecule has 4 heteroatoms. The maximum Gasteiger partial charge on any atom is 0.416 e. The van der Waals surface area contributed by atoms with Gasteiger partial charge in [0.25, 0.3) is 0 Å². The molecule has 128 valence electrons. The number of likely N-dealkylation sites (tertiary alicyclic amines) is 1. The first-order chi connectivity index (χ1) is 11.5. The summed E-state index contributed by atoms with van der Waals surface area (Å²) in [6.45, 7) is 3.15. The van der Waals surface area contributed by atoms with Crippen LogP contribution in [0.2, 0.25) is 0 Å². The molecular formula is C20H22F3N. The van der Waals surface area contributed by atoms with Gasteiger partial charge in [-0.15, -0.1) is 0 Å². The number of rotatable bonds is 3. The molecule has 1 nitrogen and oxygen atoms in total. The number of hydrogen-bond acceptors (Lipinski definition) is 1. The smallest absolute Gasteiger partial charge is 0.290 e. The van der Waals surface area contributed by atoms with Gasteiger partial charge in [-0.25, -0.2) is 0 Å². The van der Waals surface area contributed by atoms with Crippen molar-refractivity contribution in [2.45, 2.75) is 44.4 Å². The fraction of sp³-hybridized carbons (Fsp3) is 0.400. The van der Waals surface area contributed by atoms with Gasteiger partial charge in [0.05, 0.1) is 5.56 Å². The lowest BCUT2D eigenvalue weighted by molar-refractivity contribution is -0.137. The Balaban J connectivity index is 1.84. The third kappa shape index (κ3) is 3.64. The van der Waals surface area contributed by atoms with Crippen LogP contribution in [-0.4, -0.2) is 11.4 Å². The highest BCUT2D eigenvalue weighted by Gasteiger charge is 2.32. The first-order valence-corrected chi connectivity index (χ1v) is 8.44. The second-order valence-corrected chi connectivity index (χ2v) is 6.46. The van der Waals surface area contributed by atoms with E-state index in [1.54, 1.807) is 12.1 Å². The highest BCUT2D eigenvalue weighted by Crippen LogP contribution is 2.38. The Morgan fingerprint density at radius 3 is 2.25 bits per heavy atom. The molecule has 0 aromatic heterocycles. The lowest BCUT2D eigenvalue weighted by Crippen LogP contribution is -2.35. The van der Waals surface area contributed by atoms with Gasteiger partial charge in [0.2, 0.25) is 0 Å². The molecule has 1 heterocycles. The zero-order valence-corrected chi connectivity index (χ0v) is 13.8. The Kier molecular flexibility index (Phi) is 4.95. The third-order valence-corrected chi connectivity index (χ3v) is 4.95. The van der Waals surface area contributed by atoms with Crippen LogP contribution < -0.4 is 0 Å². The molecule has 0 amide bonds.